The molecule has 0 heterocycles. The van der Waals surface area contributed by atoms with Crippen LogP contribution in [0, 0.1) is 11.7 Å². The van der Waals surface area contributed by atoms with Crippen LogP contribution in [-0.2, 0) is 4.79 Å². The van der Waals surface area contributed by atoms with Crippen molar-refractivity contribution < 1.29 is 13.9 Å². The van der Waals surface area contributed by atoms with Crippen molar-refractivity contribution >= 4 is 5.91 Å². The molecule has 124 valence electrons. The van der Waals surface area contributed by atoms with Gasteiger partial charge in [0.15, 0.2) is 0 Å². The molecule has 2 fully saturated rings. The molecule has 0 saturated heterocycles. The predicted molar refractivity (Wildman–Crippen MR) is 89.5 cm³/mol. The fraction of sp³-hybridized carbons (Fsp3) is 0.350. The molecular formula is C20H20FNO2. The van der Waals surface area contributed by atoms with Crippen LogP contribution in [0.4, 0.5) is 4.39 Å². The molecule has 2 aliphatic carbocycles. The van der Waals surface area contributed by atoms with E-state index in [0.717, 1.165) is 29.7 Å². The Labute approximate surface area is 140 Å². The van der Waals surface area contributed by atoms with Crippen LogP contribution >= 0.6 is 0 Å². The van der Waals surface area contributed by atoms with Gasteiger partial charge in [0.05, 0.1) is 7.11 Å². The molecule has 0 spiro atoms. The van der Waals surface area contributed by atoms with Crippen molar-refractivity contribution in [2.75, 3.05) is 7.11 Å². The number of hydrogen-bond donors (Lipinski definition) is 1. The molecule has 2 saturated carbocycles. The molecule has 4 atom stereocenters. The largest absolute Gasteiger partial charge is 0.496 e. The van der Waals surface area contributed by atoms with Gasteiger partial charge in [0, 0.05) is 17.9 Å². The highest BCUT2D eigenvalue weighted by atomic mass is 19.1. The minimum absolute atomic E-state index is 0.0377. The Morgan fingerprint density at radius 2 is 1.83 bits per heavy atom. The Kier molecular flexibility index (Phi) is 3.75. The molecule has 3 nitrogen and oxygen atoms in total. The summed E-state index contributed by atoms with van der Waals surface area (Å²) < 4.78 is 18.4. The van der Waals surface area contributed by atoms with Crippen LogP contribution in [-0.4, -0.2) is 19.1 Å². The number of amides is 1. The van der Waals surface area contributed by atoms with Crippen LogP contribution in [0.1, 0.15) is 35.8 Å². The minimum atomic E-state index is -0.224. The molecule has 0 aromatic heterocycles. The number of methoxy groups -OCH3 is 1. The molecule has 0 bridgehead atoms. The van der Waals surface area contributed by atoms with Gasteiger partial charge in [0.1, 0.15) is 11.6 Å². The standard InChI is InChI=1S/C20H20FNO2/c1-24-19-5-3-2-4-14(19)16-10-17(16)20(23)22-18-11-15(18)12-6-8-13(21)9-7-12/h2-9,15-18H,10-11H2,1H3,(H,22,23)/t15-,16+,17+,18-/m1/s1. The van der Waals surface area contributed by atoms with Gasteiger partial charge in [-0.15, -0.1) is 0 Å². The first-order valence-electron chi connectivity index (χ1n) is 8.36. The summed E-state index contributed by atoms with van der Waals surface area (Å²) in [5, 5.41) is 3.14. The number of hydrogen-bond acceptors (Lipinski definition) is 2. The highest BCUT2D eigenvalue weighted by molar-refractivity contribution is 5.84. The first-order valence-corrected chi connectivity index (χ1v) is 8.36. The topological polar surface area (TPSA) is 38.3 Å². The first-order chi connectivity index (χ1) is 11.7. The van der Waals surface area contributed by atoms with Crippen molar-refractivity contribution in [3.8, 4) is 5.75 Å². The third-order valence-electron chi connectivity index (χ3n) is 5.08. The third-order valence-corrected chi connectivity index (χ3v) is 5.08. The van der Waals surface area contributed by atoms with Gasteiger partial charge in [-0.25, -0.2) is 4.39 Å². The Morgan fingerprint density at radius 3 is 2.58 bits per heavy atom. The summed E-state index contributed by atoms with van der Waals surface area (Å²) in [5.41, 5.74) is 2.21. The second-order valence-corrected chi connectivity index (χ2v) is 6.70. The van der Waals surface area contributed by atoms with E-state index in [1.807, 2.05) is 24.3 Å². The minimum Gasteiger partial charge on any atom is -0.496 e. The lowest BCUT2D eigenvalue weighted by molar-refractivity contribution is -0.122. The summed E-state index contributed by atoms with van der Waals surface area (Å²) in [6, 6.07) is 14.6. The molecule has 4 heteroatoms. The summed E-state index contributed by atoms with van der Waals surface area (Å²) in [7, 11) is 1.66. The maximum atomic E-state index is 13.0. The van der Waals surface area contributed by atoms with E-state index in [1.165, 1.54) is 12.1 Å². The maximum absolute atomic E-state index is 13.0. The highest BCUT2D eigenvalue weighted by Gasteiger charge is 2.48. The molecule has 1 amide bonds. The van der Waals surface area contributed by atoms with Crippen molar-refractivity contribution in [3.05, 3.63) is 65.5 Å². The lowest BCUT2D eigenvalue weighted by Gasteiger charge is -2.08. The van der Waals surface area contributed by atoms with E-state index < -0.39 is 0 Å². The number of para-hydroxylation sites is 1. The van der Waals surface area contributed by atoms with Gasteiger partial charge in [-0.2, -0.15) is 0 Å². The van der Waals surface area contributed by atoms with E-state index in [1.54, 1.807) is 19.2 Å². The zero-order valence-corrected chi connectivity index (χ0v) is 13.5. The fourth-order valence-electron chi connectivity index (χ4n) is 3.52. The number of halogens is 1. The van der Waals surface area contributed by atoms with E-state index in [2.05, 4.69) is 5.32 Å². The summed E-state index contributed by atoms with van der Waals surface area (Å²) in [6.07, 6.45) is 1.81. The predicted octanol–water partition coefficient (Wildman–Crippen LogP) is 3.61. The van der Waals surface area contributed by atoms with E-state index in [9.17, 15) is 9.18 Å². The van der Waals surface area contributed by atoms with Crippen molar-refractivity contribution in [1.82, 2.24) is 5.32 Å². The summed E-state index contributed by atoms with van der Waals surface area (Å²) in [5.74, 6) is 1.37. The molecule has 24 heavy (non-hydrogen) atoms. The number of rotatable bonds is 5. The van der Waals surface area contributed by atoms with Gasteiger partial charge in [0.25, 0.3) is 0 Å². The molecule has 0 aliphatic heterocycles. The van der Waals surface area contributed by atoms with E-state index >= 15 is 0 Å². The van der Waals surface area contributed by atoms with Crippen LogP contribution in [0.3, 0.4) is 0 Å². The van der Waals surface area contributed by atoms with Crippen LogP contribution in [0.25, 0.3) is 0 Å². The number of nitrogens with one attached hydrogen (secondary N) is 1. The van der Waals surface area contributed by atoms with Gasteiger partial charge in [-0.1, -0.05) is 30.3 Å². The zero-order chi connectivity index (χ0) is 16.7. The van der Waals surface area contributed by atoms with Gasteiger partial charge >= 0.3 is 0 Å². The Morgan fingerprint density at radius 1 is 1.08 bits per heavy atom. The summed E-state index contributed by atoms with van der Waals surface area (Å²) in [4.78, 5) is 12.5. The zero-order valence-electron chi connectivity index (χ0n) is 13.5. The van der Waals surface area contributed by atoms with Gasteiger partial charge in [-0.3, -0.25) is 4.79 Å². The second kappa shape index (κ2) is 5.93. The SMILES string of the molecule is COc1ccccc1[C@@H]1C[C@@H]1C(=O)N[C@@H]1C[C@@H]1c1ccc(F)cc1. The average Bonchev–Trinajstić information content (AvgIpc) is 3.50. The highest BCUT2D eigenvalue weighted by Crippen LogP contribution is 2.51. The number of benzene rings is 2. The molecule has 4 rings (SSSR count). The van der Waals surface area contributed by atoms with E-state index in [4.69, 9.17) is 4.74 Å². The Bertz CT molecular complexity index is 758. The van der Waals surface area contributed by atoms with Crippen LogP contribution in [0.5, 0.6) is 5.75 Å². The fourth-order valence-corrected chi connectivity index (χ4v) is 3.52. The average molecular weight is 325 g/mol. The lowest BCUT2D eigenvalue weighted by Crippen LogP contribution is -2.28. The molecule has 0 radical (unpaired) electrons. The third kappa shape index (κ3) is 2.88. The molecule has 1 N–H and O–H groups in total. The van der Waals surface area contributed by atoms with Crippen molar-refractivity contribution in [2.45, 2.75) is 30.7 Å². The quantitative estimate of drug-likeness (QED) is 0.912. The number of carbonyl (C=O) groups excluding carboxylic acids is 1. The second-order valence-electron chi connectivity index (χ2n) is 6.70. The molecular weight excluding hydrogens is 305 g/mol. The van der Waals surface area contributed by atoms with Crippen LogP contribution in [0.2, 0.25) is 0 Å². The monoisotopic (exact) mass is 325 g/mol. The molecule has 0 unspecified atom stereocenters. The van der Waals surface area contributed by atoms with Gasteiger partial charge in [-0.05, 0) is 48.1 Å². The molecule has 2 aromatic rings. The smallest absolute Gasteiger partial charge is 0.223 e. The molecule has 2 aliphatic rings. The van der Waals surface area contributed by atoms with Gasteiger partial charge < -0.3 is 10.1 Å². The molecule has 2 aromatic carbocycles. The Hall–Kier alpha value is -2.36. The van der Waals surface area contributed by atoms with E-state index in [0.29, 0.717) is 5.92 Å². The first kappa shape index (κ1) is 15.2. The summed E-state index contributed by atoms with van der Waals surface area (Å²) in [6.45, 7) is 0. The van der Waals surface area contributed by atoms with Crippen molar-refractivity contribution in [2.24, 2.45) is 5.92 Å². The van der Waals surface area contributed by atoms with E-state index in [-0.39, 0.29) is 29.6 Å². The normalized spacial score (nSPS) is 27.4. The summed E-state index contributed by atoms with van der Waals surface area (Å²) >= 11 is 0. The lowest BCUT2D eigenvalue weighted by atomic mass is 10.1. The number of ether oxygens (including phenoxy) is 1. The van der Waals surface area contributed by atoms with Gasteiger partial charge in [0.2, 0.25) is 5.91 Å². The van der Waals surface area contributed by atoms with Crippen molar-refractivity contribution in [3.63, 3.8) is 0 Å². The number of carbonyl (C=O) groups is 1. The van der Waals surface area contributed by atoms with Crippen LogP contribution < -0.4 is 10.1 Å². The maximum Gasteiger partial charge on any atom is 0.223 e. The van der Waals surface area contributed by atoms with Crippen LogP contribution in [0.15, 0.2) is 48.5 Å². The van der Waals surface area contributed by atoms with Crippen molar-refractivity contribution in [1.29, 1.82) is 0 Å². The Balaban J connectivity index is 1.35.